The summed E-state index contributed by atoms with van der Waals surface area (Å²) in [6.45, 7) is 1.24. The van der Waals surface area contributed by atoms with Gasteiger partial charge in [-0.3, -0.25) is 4.79 Å². The smallest absolute Gasteiger partial charge is 0.268 e. The second-order valence-corrected chi connectivity index (χ2v) is 4.60. The monoisotopic (exact) mass is 269 g/mol. The molecule has 18 heavy (non-hydrogen) atoms. The Kier molecular flexibility index (Phi) is 4.25. The molecule has 0 unspecified atom stereocenters. The Labute approximate surface area is 110 Å². The second kappa shape index (κ2) is 5.91. The Balaban J connectivity index is 2.29. The molecule has 1 amide bonds. The molecule has 5 nitrogen and oxygen atoms in total. The third-order valence-corrected chi connectivity index (χ3v) is 3.31. The first-order valence-electron chi connectivity index (χ1n) is 6.02. The average Bonchev–Trinajstić information content (AvgIpc) is 2.71. The molecule has 6 heteroatoms. The van der Waals surface area contributed by atoms with Gasteiger partial charge >= 0.3 is 0 Å². The fourth-order valence-corrected chi connectivity index (χ4v) is 2.33. The highest BCUT2D eigenvalue weighted by molar-refractivity contribution is 6.17. The molecular weight excluding hydrogens is 254 g/mol. The number of carbonyl (C=O) groups excluding carboxylic acids is 1. The van der Waals surface area contributed by atoms with E-state index in [4.69, 9.17) is 16.8 Å². The van der Waals surface area contributed by atoms with Crippen molar-refractivity contribution < 1.29 is 10.0 Å². The van der Waals surface area contributed by atoms with Gasteiger partial charge in [0.2, 0.25) is 0 Å². The standard InChI is InChI=1S/C12H16ClN3O2/c13-5-1-2-7-16-8-4-9-10(15-18)3-6-14-12(17)11(9)16/h4,8,18H,1-3,5-7H2,(H,14,17)/b15-10+. The number of alkyl halides is 1. The minimum atomic E-state index is -0.112. The Hall–Kier alpha value is -1.49. The molecule has 0 bridgehead atoms. The lowest BCUT2D eigenvalue weighted by atomic mass is 10.1. The van der Waals surface area contributed by atoms with Crippen LogP contribution in [0, 0.1) is 0 Å². The van der Waals surface area contributed by atoms with Crippen molar-refractivity contribution in [1.29, 1.82) is 0 Å². The fraction of sp³-hybridized carbons (Fsp3) is 0.500. The van der Waals surface area contributed by atoms with E-state index in [0.29, 0.717) is 30.3 Å². The number of rotatable bonds is 4. The van der Waals surface area contributed by atoms with E-state index in [9.17, 15) is 4.79 Å². The molecule has 1 aromatic heterocycles. The van der Waals surface area contributed by atoms with E-state index in [1.807, 2.05) is 16.8 Å². The van der Waals surface area contributed by atoms with E-state index in [2.05, 4.69) is 10.5 Å². The van der Waals surface area contributed by atoms with E-state index < -0.39 is 0 Å². The predicted octanol–water partition coefficient (Wildman–Crippen LogP) is 1.82. The number of oxime groups is 1. The van der Waals surface area contributed by atoms with Gasteiger partial charge in [0.15, 0.2) is 0 Å². The molecule has 1 aliphatic heterocycles. The molecule has 0 saturated heterocycles. The summed E-state index contributed by atoms with van der Waals surface area (Å²) in [7, 11) is 0. The lowest BCUT2D eigenvalue weighted by Gasteiger charge is -2.08. The SMILES string of the molecule is O=C1NCC/C(=N\O)c2ccn(CCCCCl)c21. The first-order chi connectivity index (χ1) is 8.77. The van der Waals surface area contributed by atoms with Crippen molar-refractivity contribution >= 4 is 23.2 Å². The van der Waals surface area contributed by atoms with Crippen molar-refractivity contribution in [3.05, 3.63) is 23.5 Å². The van der Waals surface area contributed by atoms with Crippen molar-refractivity contribution in [2.75, 3.05) is 12.4 Å². The van der Waals surface area contributed by atoms with Crippen LogP contribution in [0.2, 0.25) is 0 Å². The molecule has 0 fully saturated rings. The molecule has 2 heterocycles. The number of halogens is 1. The molecule has 1 aliphatic rings. The highest BCUT2D eigenvalue weighted by atomic mass is 35.5. The Bertz CT molecular complexity index is 468. The summed E-state index contributed by atoms with van der Waals surface area (Å²) >= 11 is 5.64. The van der Waals surface area contributed by atoms with Gasteiger partial charge < -0.3 is 15.1 Å². The van der Waals surface area contributed by atoms with Crippen LogP contribution in [0.3, 0.4) is 0 Å². The van der Waals surface area contributed by atoms with Gasteiger partial charge in [0.25, 0.3) is 5.91 Å². The molecule has 1 aromatic rings. The third kappa shape index (κ3) is 2.51. The number of carbonyl (C=O) groups is 1. The van der Waals surface area contributed by atoms with Gasteiger partial charge in [-0.15, -0.1) is 11.6 Å². The number of aromatic nitrogens is 1. The summed E-state index contributed by atoms with van der Waals surface area (Å²) in [6, 6.07) is 1.83. The van der Waals surface area contributed by atoms with Crippen LogP contribution in [0.5, 0.6) is 0 Å². The summed E-state index contributed by atoms with van der Waals surface area (Å²) in [6.07, 6.45) is 4.23. The van der Waals surface area contributed by atoms with Gasteiger partial charge in [0.1, 0.15) is 5.69 Å². The zero-order valence-corrected chi connectivity index (χ0v) is 10.8. The van der Waals surface area contributed by atoms with Crippen molar-refractivity contribution in [2.45, 2.75) is 25.8 Å². The maximum absolute atomic E-state index is 12.0. The largest absolute Gasteiger partial charge is 0.411 e. The number of hydrogen-bond donors (Lipinski definition) is 2. The van der Waals surface area contributed by atoms with Gasteiger partial charge in [-0.25, -0.2) is 0 Å². The van der Waals surface area contributed by atoms with Crippen molar-refractivity contribution in [1.82, 2.24) is 9.88 Å². The quantitative estimate of drug-likeness (QED) is 0.379. The summed E-state index contributed by atoms with van der Waals surface area (Å²) in [5.41, 5.74) is 1.85. The van der Waals surface area contributed by atoms with Crippen LogP contribution in [0.15, 0.2) is 17.4 Å². The Morgan fingerprint density at radius 2 is 2.33 bits per heavy atom. The normalized spacial score (nSPS) is 17.4. The van der Waals surface area contributed by atoms with Gasteiger partial charge in [-0.05, 0) is 18.9 Å². The molecule has 0 radical (unpaired) electrons. The maximum Gasteiger partial charge on any atom is 0.268 e. The van der Waals surface area contributed by atoms with Gasteiger partial charge in [-0.1, -0.05) is 5.16 Å². The van der Waals surface area contributed by atoms with Gasteiger partial charge in [0, 0.05) is 37.2 Å². The molecule has 0 aromatic carbocycles. The number of fused-ring (bicyclic) bond motifs is 1. The first-order valence-corrected chi connectivity index (χ1v) is 6.56. The van der Waals surface area contributed by atoms with Crippen molar-refractivity contribution in [3.8, 4) is 0 Å². The Morgan fingerprint density at radius 3 is 3.06 bits per heavy atom. The summed E-state index contributed by atoms with van der Waals surface area (Å²) < 4.78 is 1.90. The number of aryl methyl sites for hydroxylation is 1. The van der Waals surface area contributed by atoms with Crippen LogP contribution in [0.4, 0.5) is 0 Å². The molecule has 0 aliphatic carbocycles. The van der Waals surface area contributed by atoms with E-state index >= 15 is 0 Å². The fourth-order valence-electron chi connectivity index (χ4n) is 2.14. The minimum Gasteiger partial charge on any atom is -0.411 e. The maximum atomic E-state index is 12.0. The van der Waals surface area contributed by atoms with Crippen LogP contribution in [0.25, 0.3) is 0 Å². The predicted molar refractivity (Wildman–Crippen MR) is 69.7 cm³/mol. The number of nitrogens with zero attached hydrogens (tertiary/aromatic N) is 2. The van der Waals surface area contributed by atoms with Gasteiger partial charge in [0.05, 0.1) is 5.71 Å². The van der Waals surface area contributed by atoms with Crippen molar-refractivity contribution in [2.24, 2.45) is 5.16 Å². The lowest BCUT2D eigenvalue weighted by Crippen LogP contribution is -2.25. The minimum absolute atomic E-state index is 0.112. The van der Waals surface area contributed by atoms with Crippen LogP contribution in [-0.4, -0.2) is 33.8 Å². The number of nitrogens with one attached hydrogen (secondary N) is 1. The third-order valence-electron chi connectivity index (χ3n) is 3.04. The molecule has 2 N–H and O–H groups in total. The van der Waals surface area contributed by atoms with Crippen molar-refractivity contribution in [3.63, 3.8) is 0 Å². The van der Waals surface area contributed by atoms with Crippen LogP contribution in [0.1, 0.15) is 35.3 Å². The van der Waals surface area contributed by atoms with E-state index in [-0.39, 0.29) is 5.91 Å². The highest BCUT2D eigenvalue weighted by Crippen LogP contribution is 2.17. The lowest BCUT2D eigenvalue weighted by molar-refractivity contribution is 0.0946. The topological polar surface area (TPSA) is 66.6 Å². The molecule has 2 rings (SSSR count). The van der Waals surface area contributed by atoms with E-state index in [1.165, 1.54) is 0 Å². The van der Waals surface area contributed by atoms with E-state index in [0.717, 1.165) is 24.9 Å². The molecule has 98 valence electrons. The second-order valence-electron chi connectivity index (χ2n) is 4.22. The van der Waals surface area contributed by atoms with Crippen LogP contribution < -0.4 is 5.32 Å². The zero-order valence-electron chi connectivity index (χ0n) is 10.0. The number of amides is 1. The first kappa shape index (κ1) is 13.0. The number of hydrogen-bond acceptors (Lipinski definition) is 3. The van der Waals surface area contributed by atoms with Gasteiger partial charge in [-0.2, -0.15) is 0 Å². The number of unbranched alkanes of at least 4 members (excludes halogenated alkanes) is 1. The zero-order chi connectivity index (χ0) is 13.0. The van der Waals surface area contributed by atoms with Crippen LogP contribution >= 0.6 is 11.6 Å². The Morgan fingerprint density at radius 1 is 1.50 bits per heavy atom. The summed E-state index contributed by atoms with van der Waals surface area (Å²) in [5.74, 6) is 0.512. The molecule has 0 atom stereocenters. The average molecular weight is 270 g/mol. The summed E-state index contributed by atoms with van der Waals surface area (Å²) in [4.78, 5) is 12.0. The van der Waals surface area contributed by atoms with E-state index in [1.54, 1.807) is 0 Å². The molecule has 0 spiro atoms. The van der Waals surface area contributed by atoms with Crippen LogP contribution in [-0.2, 0) is 6.54 Å². The summed E-state index contributed by atoms with van der Waals surface area (Å²) in [5, 5.41) is 15.1. The molecule has 0 saturated carbocycles. The molecular formula is C12H16ClN3O2. The highest BCUT2D eigenvalue weighted by Gasteiger charge is 2.23.